The Labute approximate surface area is 152 Å². The highest BCUT2D eigenvalue weighted by molar-refractivity contribution is 7.12. The Morgan fingerprint density at radius 2 is 2.08 bits per heavy atom. The number of hydrazone groups is 1. The second-order valence-corrected chi connectivity index (χ2v) is 6.67. The molecule has 0 unspecified atom stereocenters. The van der Waals surface area contributed by atoms with Crippen LogP contribution in [0.4, 0.5) is 0 Å². The Balaban J connectivity index is 1.74. The highest BCUT2D eigenvalue weighted by Gasteiger charge is 2.12. The summed E-state index contributed by atoms with van der Waals surface area (Å²) in [6.45, 7) is 1.83. The molecule has 0 fully saturated rings. The van der Waals surface area contributed by atoms with Crippen LogP contribution in [0.25, 0.3) is 11.3 Å². The van der Waals surface area contributed by atoms with Crippen LogP contribution in [0.3, 0.4) is 0 Å². The van der Waals surface area contributed by atoms with Gasteiger partial charge < -0.3 is 0 Å². The number of carbonyl (C=O) groups is 1. The molecule has 8 heteroatoms. The SMILES string of the molecule is CC(=NNC(=O)c1cc(-c2ccc(Cl)c(Cl)c2)n[nH]1)c1cccs1. The summed E-state index contributed by atoms with van der Waals surface area (Å²) >= 11 is 13.5. The first-order valence-corrected chi connectivity index (χ1v) is 8.57. The van der Waals surface area contributed by atoms with Crippen molar-refractivity contribution in [3.63, 3.8) is 0 Å². The highest BCUT2D eigenvalue weighted by Crippen LogP contribution is 2.27. The average molecular weight is 379 g/mol. The summed E-state index contributed by atoms with van der Waals surface area (Å²) in [7, 11) is 0. The van der Waals surface area contributed by atoms with E-state index in [1.165, 1.54) is 0 Å². The minimum absolute atomic E-state index is 0.304. The Hall–Kier alpha value is -2.15. The number of amides is 1. The van der Waals surface area contributed by atoms with E-state index in [-0.39, 0.29) is 5.91 Å². The third-order valence-corrected chi connectivity index (χ3v) is 4.96. The number of thiophene rings is 1. The normalized spacial score (nSPS) is 11.5. The fourth-order valence-corrected chi connectivity index (χ4v) is 2.95. The van der Waals surface area contributed by atoms with Crippen LogP contribution in [0, 0.1) is 0 Å². The van der Waals surface area contributed by atoms with E-state index in [0.717, 1.165) is 16.2 Å². The van der Waals surface area contributed by atoms with Crippen LogP contribution >= 0.6 is 34.5 Å². The van der Waals surface area contributed by atoms with E-state index < -0.39 is 0 Å². The van der Waals surface area contributed by atoms with Crippen molar-refractivity contribution in [3.05, 3.63) is 62.4 Å². The summed E-state index contributed by atoms with van der Waals surface area (Å²) in [6, 6.07) is 10.7. The van der Waals surface area contributed by atoms with Crippen molar-refractivity contribution < 1.29 is 4.79 Å². The number of hydrogen-bond acceptors (Lipinski definition) is 4. The van der Waals surface area contributed by atoms with Crippen molar-refractivity contribution in [3.8, 4) is 11.3 Å². The van der Waals surface area contributed by atoms with Gasteiger partial charge in [-0.2, -0.15) is 10.2 Å². The van der Waals surface area contributed by atoms with E-state index in [9.17, 15) is 4.79 Å². The van der Waals surface area contributed by atoms with Crippen LogP contribution in [0.15, 0.2) is 46.9 Å². The molecule has 0 aliphatic heterocycles. The standard InChI is InChI=1S/C16H12Cl2N4OS/c1-9(15-3-2-6-24-15)19-22-16(23)14-8-13(20-21-14)10-4-5-11(17)12(18)7-10/h2-8H,1H3,(H,20,21)(H,22,23). The van der Waals surface area contributed by atoms with Gasteiger partial charge in [0.1, 0.15) is 5.69 Å². The second-order valence-electron chi connectivity index (χ2n) is 4.91. The lowest BCUT2D eigenvalue weighted by Gasteiger charge is -1.99. The van der Waals surface area contributed by atoms with E-state index in [4.69, 9.17) is 23.2 Å². The van der Waals surface area contributed by atoms with Crippen LogP contribution in [0.5, 0.6) is 0 Å². The number of aromatic nitrogens is 2. The molecule has 122 valence electrons. The fraction of sp³-hybridized carbons (Fsp3) is 0.0625. The first kappa shape index (κ1) is 16.7. The molecule has 0 aliphatic rings. The van der Waals surface area contributed by atoms with Crippen LogP contribution < -0.4 is 5.43 Å². The quantitative estimate of drug-likeness (QED) is 0.514. The molecule has 0 bridgehead atoms. The van der Waals surface area contributed by atoms with Gasteiger partial charge >= 0.3 is 0 Å². The number of hydrogen-bond donors (Lipinski definition) is 2. The molecule has 0 saturated heterocycles. The van der Waals surface area contributed by atoms with Crippen molar-refractivity contribution >= 4 is 46.2 Å². The van der Waals surface area contributed by atoms with E-state index >= 15 is 0 Å². The van der Waals surface area contributed by atoms with Gasteiger partial charge in [-0.1, -0.05) is 35.3 Å². The van der Waals surface area contributed by atoms with Crippen LogP contribution in [-0.2, 0) is 0 Å². The van der Waals surface area contributed by atoms with Gasteiger partial charge in [0.05, 0.1) is 21.5 Å². The van der Waals surface area contributed by atoms with Gasteiger partial charge in [-0.25, -0.2) is 5.43 Å². The molecule has 3 rings (SSSR count). The number of aromatic amines is 1. The first-order chi connectivity index (χ1) is 11.5. The summed E-state index contributed by atoms with van der Waals surface area (Å²) < 4.78 is 0. The minimum Gasteiger partial charge on any atom is -0.272 e. The van der Waals surface area contributed by atoms with Crippen molar-refractivity contribution in [1.29, 1.82) is 0 Å². The molecule has 1 amide bonds. The molecule has 2 N–H and O–H groups in total. The number of nitrogens with zero attached hydrogens (tertiary/aromatic N) is 2. The van der Waals surface area contributed by atoms with Gasteiger partial charge in [0.25, 0.3) is 5.91 Å². The van der Waals surface area contributed by atoms with Gasteiger partial charge in [-0.15, -0.1) is 11.3 Å². The van der Waals surface area contributed by atoms with Crippen LogP contribution in [0.2, 0.25) is 10.0 Å². The average Bonchev–Trinajstić information content (AvgIpc) is 3.26. The maximum atomic E-state index is 12.2. The monoisotopic (exact) mass is 378 g/mol. The predicted octanol–water partition coefficient (Wildman–Crippen LogP) is 4.60. The smallest absolute Gasteiger partial charge is 0.272 e. The van der Waals surface area contributed by atoms with Crippen LogP contribution in [-0.4, -0.2) is 21.8 Å². The summed E-state index contributed by atoms with van der Waals surface area (Å²) in [5, 5.41) is 13.8. The van der Waals surface area contributed by atoms with E-state index in [0.29, 0.717) is 21.4 Å². The number of rotatable bonds is 4. The molecule has 2 heterocycles. The number of nitrogens with one attached hydrogen (secondary N) is 2. The molecule has 1 aromatic carbocycles. The molecule has 2 aromatic heterocycles. The van der Waals surface area contributed by atoms with Crippen molar-refractivity contribution in [2.75, 3.05) is 0 Å². The molecule has 3 aromatic rings. The molecular weight excluding hydrogens is 367 g/mol. The van der Waals surface area contributed by atoms with E-state index in [1.54, 1.807) is 35.6 Å². The van der Waals surface area contributed by atoms with E-state index in [1.807, 2.05) is 24.4 Å². The molecule has 0 spiro atoms. The summed E-state index contributed by atoms with van der Waals surface area (Å²) in [4.78, 5) is 13.1. The lowest BCUT2D eigenvalue weighted by Crippen LogP contribution is -2.19. The zero-order valence-corrected chi connectivity index (χ0v) is 14.8. The Morgan fingerprint density at radius 3 is 2.79 bits per heavy atom. The fourth-order valence-electron chi connectivity index (χ4n) is 1.98. The van der Waals surface area contributed by atoms with Crippen molar-refractivity contribution in [1.82, 2.24) is 15.6 Å². The molecule has 0 radical (unpaired) electrons. The molecule has 0 aliphatic carbocycles. The summed E-state index contributed by atoms with van der Waals surface area (Å²) in [5.74, 6) is -0.371. The molecule has 24 heavy (non-hydrogen) atoms. The lowest BCUT2D eigenvalue weighted by molar-refractivity contribution is 0.0950. The number of H-pyrrole nitrogens is 1. The van der Waals surface area contributed by atoms with Crippen molar-refractivity contribution in [2.24, 2.45) is 5.10 Å². The summed E-state index contributed by atoms with van der Waals surface area (Å²) in [5.41, 5.74) is 4.91. The number of halogens is 2. The Bertz CT molecular complexity index is 903. The zero-order chi connectivity index (χ0) is 17.1. The lowest BCUT2D eigenvalue weighted by atomic mass is 10.1. The van der Waals surface area contributed by atoms with Gasteiger partial charge in [-0.05, 0) is 36.6 Å². The Morgan fingerprint density at radius 1 is 1.25 bits per heavy atom. The number of benzene rings is 1. The van der Waals surface area contributed by atoms with Gasteiger partial charge in [0, 0.05) is 10.4 Å². The maximum absolute atomic E-state index is 12.2. The van der Waals surface area contributed by atoms with Gasteiger partial charge in [0.15, 0.2) is 0 Å². The second kappa shape index (κ2) is 7.17. The third-order valence-electron chi connectivity index (χ3n) is 3.24. The highest BCUT2D eigenvalue weighted by atomic mass is 35.5. The van der Waals surface area contributed by atoms with E-state index in [2.05, 4.69) is 20.7 Å². The van der Waals surface area contributed by atoms with Gasteiger partial charge in [-0.3, -0.25) is 9.89 Å². The van der Waals surface area contributed by atoms with Gasteiger partial charge in [0.2, 0.25) is 0 Å². The minimum atomic E-state index is -0.371. The molecule has 0 saturated carbocycles. The largest absolute Gasteiger partial charge is 0.289 e. The number of carbonyl (C=O) groups excluding carboxylic acids is 1. The summed E-state index contributed by atoms with van der Waals surface area (Å²) in [6.07, 6.45) is 0. The molecule has 0 atom stereocenters. The molecular formula is C16H12Cl2N4OS. The van der Waals surface area contributed by atoms with Crippen LogP contribution in [0.1, 0.15) is 22.3 Å². The molecule has 5 nitrogen and oxygen atoms in total. The third kappa shape index (κ3) is 3.67. The van der Waals surface area contributed by atoms with Crippen molar-refractivity contribution in [2.45, 2.75) is 6.92 Å². The topological polar surface area (TPSA) is 70.1 Å². The zero-order valence-electron chi connectivity index (χ0n) is 12.5. The maximum Gasteiger partial charge on any atom is 0.289 e. The first-order valence-electron chi connectivity index (χ1n) is 6.94. The Kier molecular flexibility index (Phi) is 4.99. The predicted molar refractivity (Wildman–Crippen MR) is 98.0 cm³/mol.